The molecule has 0 heterocycles. The van der Waals surface area contributed by atoms with Gasteiger partial charge in [-0.15, -0.1) is 0 Å². The molecule has 0 N–H and O–H groups in total. The van der Waals surface area contributed by atoms with Crippen LogP contribution < -0.4 is 9.80 Å². The highest BCUT2D eigenvalue weighted by molar-refractivity contribution is 6.01. The van der Waals surface area contributed by atoms with E-state index in [4.69, 9.17) is 0 Å². The Kier molecular flexibility index (Phi) is 15.0. The molecule has 2 nitrogen and oxygen atoms in total. The van der Waals surface area contributed by atoms with Gasteiger partial charge in [0.2, 0.25) is 0 Å². The van der Waals surface area contributed by atoms with Gasteiger partial charge >= 0.3 is 0 Å². The summed E-state index contributed by atoms with van der Waals surface area (Å²) in [6.45, 7) is 9.52. The van der Waals surface area contributed by atoms with Gasteiger partial charge in [-0.1, -0.05) is 331 Å². The summed E-state index contributed by atoms with van der Waals surface area (Å²) in [7, 11) is 0. The van der Waals surface area contributed by atoms with Crippen molar-refractivity contribution in [3.8, 4) is 66.8 Å². The van der Waals surface area contributed by atoms with Crippen molar-refractivity contribution in [3.05, 3.63) is 384 Å². The minimum atomic E-state index is -0.209. The van der Waals surface area contributed by atoms with Crippen molar-refractivity contribution in [2.75, 3.05) is 9.80 Å². The molecule has 15 aromatic carbocycles. The van der Waals surface area contributed by atoms with Crippen LogP contribution in [0.2, 0.25) is 0 Å². The van der Waals surface area contributed by atoms with Crippen molar-refractivity contribution in [3.63, 3.8) is 0 Å². The second kappa shape index (κ2) is 24.6. The summed E-state index contributed by atoms with van der Waals surface area (Å²) >= 11 is 0. The zero-order valence-corrected chi connectivity index (χ0v) is 55.5. The van der Waals surface area contributed by atoms with Crippen LogP contribution >= 0.6 is 0 Å². The SMILES string of the molecule is CC1(C)c2cc(/C=C/c3ccc(-c4ccc(-c5ccc(/C=C/c6ccc7c(c6)C(C)(C)c6cc(N(c8ccc(-c9ccccc9)cc8)c8cccc9ccccc89)ccc6-7)cc5)cc4)cc3)ccc2-c2ccc(N(c3ccc(-c4ccccc4)cc3)c3cccc4ccccc34)cc21. The quantitative estimate of drug-likeness (QED) is 0.100. The predicted octanol–water partition coefficient (Wildman–Crippen LogP) is 26.6. The molecular formula is C96H72N2. The first-order valence-electron chi connectivity index (χ1n) is 34.2. The summed E-state index contributed by atoms with van der Waals surface area (Å²) in [6.07, 6.45) is 8.99. The Morgan fingerprint density at radius 3 is 0.857 bits per heavy atom. The molecule has 0 aromatic heterocycles. The van der Waals surface area contributed by atoms with Gasteiger partial charge in [0.15, 0.2) is 0 Å². The fraction of sp³-hybridized carbons (Fsp3) is 0.0625. The van der Waals surface area contributed by atoms with Crippen LogP contribution in [0.1, 0.15) is 72.2 Å². The van der Waals surface area contributed by atoms with Crippen LogP contribution in [-0.2, 0) is 10.8 Å². The van der Waals surface area contributed by atoms with E-state index >= 15 is 0 Å². The molecule has 0 saturated carbocycles. The zero-order valence-electron chi connectivity index (χ0n) is 55.5. The molecule has 17 rings (SSSR count). The molecule has 0 radical (unpaired) electrons. The second-order valence-corrected chi connectivity index (χ2v) is 27.3. The molecule has 0 atom stereocenters. The van der Waals surface area contributed by atoms with Gasteiger partial charge in [-0.05, 0) is 183 Å². The number of fused-ring (bicyclic) bond motifs is 8. The van der Waals surface area contributed by atoms with Gasteiger partial charge < -0.3 is 9.80 Å². The molecule has 2 heteroatoms. The van der Waals surface area contributed by atoms with Gasteiger partial charge in [0, 0.05) is 44.4 Å². The van der Waals surface area contributed by atoms with E-state index in [1.807, 2.05) is 0 Å². The Morgan fingerprint density at radius 1 is 0.214 bits per heavy atom. The first-order valence-corrected chi connectivity index (χ1v) is 34.2. The molecule has 0 spiro atoms. The highest BCUT2D eigenvalue weighted by Gasteiger charge is 2.38. The molecule has 0 unspecified atom stereocenters. The predicted molar refractivity (Wildman–Crippen MR) is 418 cm³/mol. The molecule has 15 aromatic rings. The molecule has 2 aliphatic rings. The summed E-state index contributed by atoms with van der Waals surface area (Å²) in [5.41, 5.74) is 31.4. The largest absolute Gasteiger partial charge is 0.310 e. The van der Waals surface area contributed by atoms with Crippen LogP contribution in [0.25, 0.3) is 113 Å². The van der Waals surface area contributed by atoms with E-state index in [9.17, 15) is 0 Å². The van der Waals surface area contributed by atoms with Crippen molar-refractivity contribution in [2.45, 2.75) is 38.5 Å². The molecule has 98 heavy (non-hydrogen) atoms. The summed E-state index contributed by atoms with van der Waals surface area (Å²) < 4.78 is 0. The maximum absolute atomic E-state index is 2.43. The first-order chi connectivity index (χ1) is 48.1. The number of benzene rings is 15. The van der Waals surface area contributed by atoms with Crippen LogP contribution in [0.3, 0.4) is 0 Å². The number of rotatable bonds is 14. The average molecular weight is 1250 g/mol. The van der Waals surface area contributed by atoms with Gasteiger partial charge in [-0.25, -0.2) is 0 Å². The molecule has 0 amide bonds. The third-order valence-corrected chi connectivity index (χ3v) is 20.7. The fourth-order valence-corrected chi connectivity index (χ4v) is 15.3. The highest BCUT2D eigenvalue weighted by Crippen LogP contribution is 2.54. The Labute approximate surface area is 575 Å². The van der Waals surface area contributed by atoms with Crippen LogP contribution in [-0.4, -0.2) is 0 Å². The Bertz CT molecular complexity index is 5200. The first kappa shape index (κ1) is 59.6. The maximum Gasteiger partial charge on any atom is 0.0540 e. The lowest BCUT2D eigenvalue weighted by atomic mass is 9.81. The van der Waals surface area contributed by atoms with Crippen LogP contribution in [0.4, 0.5) is 34.1 Å². The monoisotopic (exact) mass is 1250 g/mol. The Hall–Kier alpha value is -12.1. The van der Waals surface area contributed by atoms with Crippen molar-refractivity contribution in [1.82, 2.24) is 0 Å². The lowest BCUT2D eigenvalue weighted by Gasteiger charge is -2.29. The molecule has 0 saturated heterocycles. The van der Waals surface area contributed by atoms with E-state index < -0.39 is 0 Å². The van der Waals surface area contributed by atoms with E-state index in [2.05, 4.69) is 402 Å². The second-order valence-electron chi connectivity index (χ2n) is 27.3. The highest BCUT2D eigenvalue weighted by atomic mass is 15.1. The van der Waals surface area contributed by atoms with E-state index in [-0.39, 0.29) is 10.8 Å². The average Bonchev–Trinajstić information content (AvgIpc) is 1.57. The van der Waals surface area contributed by atoms with Crippen molar-refractivity contribution >= 4 is 80.0 Å². The minimum Gasteiger partial charge on any atom is -0.310 e. The van der Waals surface area contributed by atoms with Crippen LogP contribution in [0, 0.1) is 0 Å². The van der Waals surface area contributed by atoms with Gasteiger partial charge in [-0.2, -0.15) is 0 Å². The Morgan fingerprint density at radius 2 is 0.480 bits per heavy atom. The number of nitrogens with zero attached hydrogens (tertiary/aromatic N) is 2. The summed E-state index contributed by atoms with van der Waals surface area (Å²) in [5, 5.41) is 4.88. The van der Waals surface area contributed by atoms with Gasteiger partial charge in [-0.3, -0.25) is 0 Å². The number of anilines is 6. The molecule has 2 aliphatic carbocycles. The number of hydrogen-bond acceptors (Lipinski definition) is 2. The van der Waals surface area contributed by atoms with E-state index in [1.54, 1.807) is 0 Å². The minimum absolute atomic E-state index is 0.209. The topological polar surface area (TPSA) is 6.48 Å². The summed E-state index contributed by atoms with van der Waals surface area (Å²) in [6, 6.07) is 125. The van der Waals surface area contributed by atoms with E-state index in [1.165, 1.54) is 133 Å². The third kappa shape index (κ3) is 10.9. The lowest BCUT2D eigenvalue weighted by Crippen LogP contribution is -2.17. The van der Waals surface area contributed by atoms with Gasteiger partial charge in [0.1, 0.15) is 0 Å². The molecule has 0 aliphatic heterocycles. The normalized spacial score (nSPS) is 13.2. The standard InChI is InChI=1S/C96H72N2/c1-95(2)89-61-67(37-57-85(89)87-59-55-81(63-91(87)95)97(93-27-15-23-77-21-11-13-25-83(77)93)79-51-47-75(48-52-79)69-17-7-5-8-18-69)31-29-65-33-39-71(40-34-65)73-43-45-74(46-44-73)72-41-35-66(36-42-72)30-32-68-38-58-86-88-60-56-82(64-92(88)96(3,4)90(86)62-68)98(94-28-16-24-78-22-12-14-26-84(78)94)80-53-49-76(50-54-80)70-19-9-6-10-20-70/h5-64H,1-4H3/b31-29+,32-30+. The summed E-state index contributed by atoms with van der Waals surface area (Å²) in [4.78, 5) is 4.86. The van der Waals surface area contributed by atoms with Crippen LogP contribution in [0.15, 0.2) is 340 Å². The lowest BCUT2D eigenvalue weighted by molar-refractivity contribution is 0.660. The fourth-order valence-electron chi connectivity index (χ4n) is 15.3. The zero-order chi connectivity index (χ0) is 65.9. The maximum atomic E-state index is 2.43. The molecule has 466 valence electrons. The van der Waals surface area contributed by atoms with Crippen molar-refractivity contribution in [2.24, 2.45) is 0 Å². The smallest absolute Gasteiger partial charge is 0.0540 e. The summed E-state index contributed by atoms with van der Waals surface area (Å²) in [5.74, 6) is 0. The third-order valence-electron chi connectivity index (χ3n) is 20.7. The molecule has 0 bridgehead atoms. The van der Waals surface area contributed by atoms with Gasteiger partial charge in [0.05, 0.1) is 11.4 Å². The van der Waals surface area contributed by atoms with Gasteiger partial charge in [0.25, 0.3) is 0 Å². The van der Waals surface area contributed by atoms with Crippen LogP contribution in [0.5, 0.6) is 0 Å². The van der Waals surface area contributed by atoms with E-state index in [0.29, 0.717) is 0 Å². The van der Waals surface area contributed by atoms with E-state index in [0.717, 1.165) is 34.1 Å². The van der Waals surface area contributed by atoms with Crippen molar-refractivity contribution < 1.29 is 0 Å². The molecule has 0 fully saturated rings. The number of hydrogen-bond donors (Lipinski definition) is 0. The molecular weight excluding hydrogens is 1180 g/mol. The van der Waals surface area contributed by atoms with Crippen molar-refractivity contribution in [1.29, 1.82) is 0 Å². The Balaban J connectivity index is 0.560.